The second kappa shape index (κ2) is 9.26. The Kier molecular flexibility index (Phi) is 6.38. The summed E-state index contributed by atoms with van der Waals surface area (Å²) in [7, 11) is 3.80. The predicted octanol–water partition coefficient (Wildman–Crippen LogP) is 3.91. The Labute approximate surface area is 195 Å². The Morgan fingerprint density at radius 2 is 2.09 bits per heavy atom. The zero-order chi connectivity index (χ0) is 24.5. The third kappa shape index (κ3) is 5.60. The summed E-state index contributed by atoms with van der Waals surface area (Å²) in [6.07, 6.45) is -4.16. The van der Waals surface area contributed by atoms with Gasteiger partial charge in [-0.3, -0.25) is 4.79 Å². The second-order valence-corrected chi connectivity index (χ2v) is 8.35. The van der Waals surface area contributed by atoms with Gasteiger partial charge >= 0.3 is 6.11 Å². The summed E-state index contributed by atoms with van der Waals surface area (Å²) < 4.78 is 42.0. The molecule has 0 radical (unpaired) electrons. The van der Waals surface area contributed by atoms with Crippen molar-refractivity contribution < 1.29 is 27.6 Å². The largest absolute Gasteiger partial charge is 0.477 e. The van der Waals surface area contributed by atoms with E-state index in [1.165, 1.54) is 18.2 Å². The molecule has 1 unspecified atom stereocenters. The smallest absolute Gasteiger partial charge is 0.394 e. The summed E-state index contributed by atoms with van der Waals surface area (Å²) >= 11 is 0. The van der Waals surface area contributed by atoms with Crippen LogP contribution < -0.4 is 20.1 Å². The first-order valence-electron chi connectivity index (χ1n) is 10.6. The molecule has 0 aliphatic carbocycles. The molecule has 0 saturated carbocycles. The highest BCUT2D eigenvalue weighted by molar-refractivity contribution is 5.98. The molecule has 180 valence electrons. The fourth-order valence-electron chi connectivity index (χ4n) is 3.43. The highest BCUT2D eigenvalue weighted by Gasteiger charge is 2.29. The lowest BCUT2D eigenvalue weighted by Gasteiger charge is -2.27. The maximum atomic E-state index is 13.1. The van der Waals surface area contributed by atoms with Crippen LogP contribution in [-0.2, 0) is 11.3 Å². The molecule has 2 aromatic carbocycles. The van der Waals surface area contributed by atoms with Gasteiger partial charge in [0.05, 0.1) is 30.0 Å². The minimum Gasteiger partial charge on any atom is -0.477 e. The molecule has 0 spiro atoms. The first-order chi connectivity index (χ1) is 16.1. The molecule has 0 bridgehead atoms. The third-order valence-electron chi connectivity index (χ3n) is 4.88. The molecule has 34 heavy (non-hydrogen) atoms. The van der Waals surface area contributed by atoms with E-state index in [2.05, 4.69) is 25.5 Å². The zero-order valence-electron chi connectivity index (χ0n) is 19.2. The van der Waals surface area contributed by atoms with Crippen molar-refractivity contribution >= 4 is 17.3 Å². The number of hydrogen-bond donors (Lipinski definition) is 2. The van der Waals surface area contributed by atoms with Gasteiger partial charge in [0.1, 0.15) is 11.5 Å². The number of anilines is 2. The zero-order valence-corrected chi connectivity index (χ0v) is 19.2. The number of rotatable bonds is 7. The van der Waals surface area contributed by atoms with E-state index >= 15 is 0 Å². The fourth-order valence-corrected chi connectivity index (χ4v) is 3.43. The van der Waals surface area contributed by atoms with Crippen molar-refractivity contribution in [3.05, 3.63) is 47.8 Å². The predicted molar refractivity (Wildman–Crippen MR) is 121 cm³/mol. The Hall–Kier alpha value is -3.73. The fraction of sp³-hybridized carbons (Fsp3) is 0.348. The molecule has 1 amide bonds. The minimum atomic E-state index is -3.30. The van der Waals surface area contributed by atoms with E-state index in [9.17, 15) is 13.6 Å². The average molecular weight is 473 g/mol. The molecule has 1 aliphatic rings. The van der Waals surface area contributed by atoms with E-state index < -0.39 is 18.1 Å². The van der Waals surface area contributed by atoms with Gasteiger partial charge in [0, 0.05) is 13.0 Å². The summed E-state index contributed by atoms with van der Waals surface area (Å²) in [6.45, 7) is 3.23. The maximum Gasteiger partial charge on any atom is 0.394 e. The van der Waals surface area contributed by atoms with Gasteiger partial charge in [-0.05, 0) is 45.3 Å². The molecule has 11 heteroatoms. The van der Waals surface area contributed by atoms with Crippen molar-refractivity contribution in [3.8, 4) is 23.0 Å². The van der Waals surface area contributed by atoms with Gasteiger partial charge in [0.2, 0.25) is 0 Å². The van der Waals surface area contributed by atoms with Crippen molar-refractivity contribution in [2.24, 2.45) is 0 Å². The van der Waals surface area contributed by atoms with Crippen LogP contribution in [0.25, 0.3) is 11.5 Å². The number of ether oxygens (including phenoxy) is 2. The summed E-state index contributed by atoms with van der Waals surface area (Å²) in [5, 5.41) is 9.88. The SMILES string of the molecule is Cc1ccc(NC(=O)C2CNc3cc(OC(C)(F)F)ccc3O2)c(-c2nc(CN(C)C)no2)c1. The molecule has 4 rings (SSSR count). The molecular weight excluding hydrogens is 448 g/mol. The van der Waals surface area contributed by atoms with E-state index in [0.717, 1.165) is 5.56 Å². The number of halogens is 2. The quantitative estimate of drug-likeness (QED) is 0.533. The van der Waals surface area contributed by atoms with Gasteiger partial charge in [-0.2, -0.15) is 13.8 Å². The molecule has 9 nitrogen and oxygen atoms in total. The topological polar surface area (TPSA) is 102 Å². The van der Waals surface area contributed by atoms with Crippen LogP contribution in [0.15, 0.2) is 40.9 Å². The number of carbonyl (C=O) groups excluding carboxylic acids is 1. The van der Waals surface area contributed by atoms with Crippen LogP contribution in [0.2, 0.25) is 0 Å². The third-order valence-corrected chi connectivity index (χ3v) is 4.88. The van der Waals surface area contributed by atoms with Crippen LogP contribution in [0.5, 0.6) is 11.5 Å². The molecule has 1 aromatic heterocycles. The number of fused-ring (bicyclic) bond motifs is 1. The number of aryl methyl sites for hydroxylation is 1. The van der Waals surface area contributed by atoms with Gasteiger partial charge < -0.3 is 29.5 Å². The molecule has 2 heterocycles. The number of benzene rings is 2. The number of hydrogen-bond acceptors (Lipinski definition) is 8. The number of nitrogens with one attached hydrogen (secondary N) is 2. The van der Waals surface area contributed by atoms with Crippen molar-refractivity contribution in [3.63, 3.8) is 0 Å². The highest BCUT2D eigenvalue weighted by atomic mass is 19.3. The first kappa shape index (κ1) is 23.4. The number of alkyl halides is 2. The Morgan fingerprint density at radius 3 is 2.82 bits per heavy atom. The number of nitrogens with zero attached hydrogens (tertiary/aromatic N) is 3. The Balaban J connectivity index is 1.49. The van der Waals surface area contributed by atoms with Crippen LogP contribution >= 0.6 is 0 Å². The molecule has 3 aromatic rings. The highest BCUT2D eigenvalue weighted by Crippen LogP contribution is 2.35. The van der Waals surface area contributed by atoms with Crippen LogP contribution in [-0.4, -0.2) is 53.8 Å². The van der Waals surface area contributed by atoms with E-state index in [1.807, 2.05) is 38.1 Å². The van der Waals surface area contributed by atoms with Gasteiger partial charge in [0.15, 0.2) is 11.9 Å². The maximum absolute atomic E-state index is 13.1. The Bertz CT molecular complexity index is 1190. The lowest BCUT2D eigenvalue weighted by molar-refractivity contribution is -0.158. The molecule has 1 aliphatic heterocycles. The first-order valence-corrected chi connectivity index (χ1v) is 10.6. The molecular formula is C23H25F2N5O4. The number of amides is 1. The van der Waals surface area contributed by atoms with Gasteiger partial charge in [-0.1, -0.05) is 16.8 Å². The summed E-state index contributed by atoms with van der Waals surface area (Å²) in [6, 6.07) is 9.71. The van der Waals surface area contributed by atoms with Gasteiger partial charge in [-0.15, -0.1) is 0 Å². The molecule has 1 atom stereocenters. The van der Waals surface area contributed by atoms with Crippen LogP contribution in [0.3, 0.4) is 0 Å². The van der Waals surface area contributed by atoms with E-state index in [0.29, 0.717) is 47.9 Å². The standard InChI is InChI=1S/C23H25F2N5O4/c1-13-5-7-16(15(9-13)22-28-20(29-34-22)12-30(3)4)27-21(31)19-11-26-17-10-14(33-23(2,24)25)6-8-18(17)32-19/h5-10,19,26H,11-12H2,1-4H3,(H,27,31). The van der Waals surface area contributed by atoms with Crippen LogP contribution in [0, 0.1) is 6.92 Å². The van der Waals surface area contributed by atoms with E-state index in [4.69, 9.17) is 9.26 Å². The minimum absolute atomic E-state index is 0.0113. The van der Waals surface area contributed by atoms with E-state index in [-0.39, 0.29) is 12.3 Å². The van der Waals surface area contributed by atoms with Crippen molar-refractivity contribution in [1.82, 2.24) is 15.0 Å². The van der Waals surface area contributed by atoms with Gasteiger partial charge in [0.25, 0.3) is 11.8 Å². The van der Waals surface area contributed by atoms with Crippen molar-refractivity contribution in [2.45, 2.75) is 32.6 Å². The number of aromatic nitrogens is 2. The van der Waals surface area contributed by atoms with E-state index in [1.54, 1.807) is 6.07 Å². The van der Waals surface area contributed by atoms with Gasteiger partial charge in [-0.25, -0.2) is 0 Å². The summed E-state index contributed by atoms with van der Waals surface area (Å²) in [5.41, 5.74) is 2.51. The number of carbonyl (C=O) groups is 1. The lowest BCUT2D eigenvalue weighted by atomic mass is 10.1. The van der Waals surface area contributed by atoms with Crippen LogP contribution in [0.1, 0.15) is 18.3 Å². The molecule has 0 saturated heterocycles. The normalized spacial score (nSPS) is 15.3. The van der Waals surface area contributed by atoms with Crippen molar-refractivity contribution in [2.75, 3.05) is 31.3 Å². The Morgan fingerprint density at radius 1 is 1.29 bits per heavy atom. The summed E-state index contributed by atoms with van der Waals surface area (Å²) in [4.78, 5) is 19.3. The average Bonchev–Trinajstić information content (AvgIpc) is 3.21. The summed E-state index contributed by atoms with van der Waals surface area (Å²) in [5.74, 6) is 0.774. The van der Waals surface area contributed by atoms with Crippen molar-refractivity contribution in [1.29, 1.82) is 0 Å². The van der Waals surface area contributed by atoms with Crippen LogP contribution in [0.4, 0.5) is 20.2 Å². The molecule has 0 fully saturated rings. The monoisotopic (exact) mass is 473 g/mol. The lowest BCUT2D eigenvalue weighted by Crippen LogP contribution is -2.41. The molecule has 2 N–H and O–H groups in total. The second-order valence-electron chi connectivity index (χ2n) is 8.35.